The van der Waals surface area contributed by atoms with Gasteiger partial charge in [-0.25, -0.2) is 8.42 Å². The summed E-state index contributed by atoms with van der Waals surface area (Å²) in [5.41, 5.74) is 1.30. The zero-order valence-corrected chi connectivity index (χ0v) is 13.1. The first kappa shape index (κ1) is 15.4. The van der Waals surface area contributed by atoms with Crippen LogP contribution in [0.5, 0.6) is 5.75 Å². The van der Waals surface area contributed by atoms with Gasteiger partial charge in [0.05, 0.1) is 12.8 Å². The number of nitrogens with zero attached hydrogens (tertiary/aromatic N) is 1. The molecule has 0 atom stereocenters. The van der Waals surface area contributed by atoms with Crippen LogP contribution in [0, 0.1) is 0 Å². The number of ether oxygens (including phenoxy) is 1. The molecule has 0 bridgehead atoms. The van der Waals surface area contributed by atoms with Crippen molar-refractivity contribution in [2.75, 3.05) is 18.9 Å². The summed E-state index contributed by atoms with van der Waals surface area (Å²) in [5.74, 6) is 0.479. The number of aryl methyl sites for hydroxylation is 1. The fourth-order valence-corrected chi connectivity index (χ4v) is 3.18. The van der Waals surface area contributed by atoms with E-state index >= 15 is 0 Å². The lowest BCUT2D eigenvalue weighted by Crippen LogP contribution is -2.13. The second-order valence-corrected chi connectivity index (χ2v) is 6.30. The van der Waals surface area contributed by atoms with E-state index in [0.717, 1.165) is 5.69 Å². The number of hydrogen-bond acceptors (Lipinski definition) is 4. The van der Waals surface area contributed by atoms with Gasteiger partial charge in [0.15, 0.2) is 0 Å². The van der Waals surface area contributed by atoms with Crippen LogP contribution < -0.4 is 14.8 Å². The Morgan fingerprint density at radius 2 is 2.00 bits per heavy atom. The van der Waals surface area contributed by atoms with E-state index in [9.17, 15) is 8.42 Å². The highest BCUT2D eigenvalue weighted by Crippen LogP contribution is 2.26. The molecule has 0 spiro atoms. The average molecular weight is 309 g/mol. The van der Waals surface area contributed by atoms with Crippen molar-refractivity contribution in [2.45, 2.75) is 11.4 Å². The molecular formula is C14H19N3O3S. The van der Waals surface area contributed by atoms with E-state index in [1.165, 1.54) is 7.11 Å². The number of methoxy groups -OCH3 is 1. The van der Waals surface area contributed by atoms with Crippen LogP contribution in [0.3, 0.4) is 0 Å². The molecule has 0 fully saturated rings. The van der Waals surface area contributed by atoms with Crippen molar-refractivity contribution in [1.29, 1.82) is 0 Å². The van der Waals surface area contributed by atoms with Gasteiger partial charge in [0, 0.05) is 25.5 Å². The topological polar surface area (TPSA) is 72.4 Å². The SMILES string of the molecule is CNCc1cc(S(=O)(=O)Nc2ccccc2OC)cn1C. The van der Waals surface area contributed by atoms with Gasteiger partial charge in [0.25, 0.3) is 10.0 Å². The third-order valence-electron chi connectivity index (χ3n) is 3.10. The number of para-hydroxylation sites is 2. The van der Waals surface area contributed by atoms with Crippen molar-refractivity contribution < 1.29 is 13.2 Å². The summed E-state index contributed by atoms with van der Waals surface area (Å²) in [7, 11) is 1.48. The molecule has 0 saturated heterocycles. The van der Waals surface area contributed by atoms with Crippen molar-refractivity contribution >= 4 is 15.7 Å². The lowest BCUT2D eigenvalue weighted by molar-refractivity contribution is 0.417. The Balaban J connectivity index is 2.32. The van der Waals surface area contributed by atoms with Crippen LogP contribution in [-0.4, -0.2) is 27.1 Å². The molecule has 2 N–H and O–H groups in total. The van der Waals surface area contributed by atoms with Gasteiger partial charge in [0.2, 0.25) is 0 Å². The van der Waals surface area contributed by atoms with Gasteiger partial charge in [-0.05, 0) is 25.2 Å². The summed E-state index contributed by atoms with van der Waals surface area (Å²) >= 11 is 0. The molecule has 2 aromatic rings. The second-order valence-electron chi connectivity index (χ2n) is 4.61. The zero-order chi connectivity index (χ0) is 15.5. The summed E-state index contributed by atoms with van der Waals surface area (Å²) in [6.45, 7) is 0.598. The molecule has 0 amide bonds. The monoisotopic (exact) mass is 309 g/mol. The smallest absolute Gasteiger partial charge is 0.263 e. The first-order valence-corrected chi connectivity index (χ1v) is 7.92. The molecule has 6 nitrogen and oxygen atoms in total. The summed E-state index contributed by atoms with van der Waals surface area (Å²) in [6.07, 6.45) is 1.59. The summed E-state index contributed by atoms with van der Waals surface area (Å²) in [4.78, 5) is 0.223. The summed E-state index contributed by atoms with van der Waals surface area (Å²) in [5, 5.41) is 3.00. The molecular weight excluding hydrogens is 290 g/mol. The van der Waals surface area contributed by atoms with E-state index in [2.05, 4.69) is 10.0 Å². The number of aromatic nitrogens is 1. The molecule has 2 rings (SSSR count). The highest BCUT2D eigenvalue weighted by Gasteiger charge is 2.19. The Hall–Kier alpha value is -1.99. The van der Waals surface area contributed by atoms with E-state index < -0.39 is 10.0 Å². The van der Waals surface area contributed by atoms with Gasteiger partial charge in [-0.1, -0.05) is 12.1 Å². The largest absolute Gasteiger partial charge is 0.495 e. The number of sulfonamides is 1. The number of hydrogen-bond donors (Lipinski definition) is 2. The number of benzene rings is 1. The third-order valence-corrected chi connectivity index (χ3v) is 4.43. The number of rotatable bonds is 6. The Kier molecular flexibility index (Phi) is 4.54. The molecule has 0 aliphatic heterocycles. The van der Waals surface area contributed by atoms with Gasteiger partial charge in [-0.3, -0.25) is 4.72 Å². The lowest BCUT2D eigenvalue weighted by atomic mass is 10.3. The Labute approximate surface area is 124 Å². The number of nitrogens with one attached hydrogen (secondary N) is 2. The van der Waals surface area contributed by atoms with Gasteiger partial charge in [0.1, 0.15) is 10.6 Å². The summed E-state index contributed by atoms with van der Waals surface area (Å²) < 4.78 is 34.4. The third kappa shape index (κ3) is 3.37. The van der Waals surface area contributed by atoms with E-state index in [0.29, 0.717) is 18.0 Å². The van der Waals surface area contributed by atoms with Crippen molar-refractivity contribution in [3.8, 4) is 5.75 Å². The predicted octanol–water partition coefficient (Wildman–Crippen LogP) is 1.55. The van der Waals surface area contributed by atoms with Crippen molar-refractivity contribution in [3.05, 3.63) is 42.2 Å². The fourth-order valence-electron chi connectivity index (χ4n) is 2.01. The maximum Gasteiger partial charge on any atom is 0.263 e. The standard InChI is InChI=1S/C14H19N3O3S/c1-15-9-11-8-12(10-17(11)2)21(18,19)16-13-6-4-5-7-14(13)20-3/h4-8,10,15-16H,9H2,1-3H3. The minimum absolute atomic E-state index is 0.223. The second kappa shape index (κ2) is 6.19. The van der Waals surface area contributed by atoms with Gasteiger partial charge < -0.3 is 14.6 Å². The van der Waals surface area contributed by atoms with E-state index in [1.54, 1.807) is 41.1 Å². The Morgan fingerprint density at radius 3 is 2.67 bits per heavy atom. The van der Waals surface area contributed by atoms with E-state index in [1.807, 2.05) is 14.1 Å². The van der Waals surface area contributed by atoms with Crippen molar-refractivity contribution in [3.63, 3.8) is 0 Å². The normalized spacial score (nSPS) is 11.4. The zero-order valence-electron chi connectivity index (χ0n) is 12.3. The molecule has 1 aromatic heterocycles. The predicted molar refractivity (Wildman–Crippen MR) is 82.0 cm³/mol. The van der Waals surface area contributed by atoms with Crippen molar-refractivity contribution in [2.24, 2.45) is 7.05 Å². The average Bonchev–Trinajstić information content (AvgIpc) is 2.82. The molecule has 0 unspecified atom stereocenters. The molecule has 114 valence electrons. The van der Waals surface area contributed by atoms with Crippen LogP contribution in [-0.2, 0) is 23.6 Å². The van der Waals surface area contributed by atoms with Crippen LogP contribution in [0.25, 0.3) is 0 Å². The molecule has 0 radical (unpaired) electrons. The Bertz CT molecular complexity index is 723. The van der Waals surface area contributed by atoms with E-state index in [4.69, 9.17) is 4.74 Å². The van der Waals surface area contributed by atoms with Gasteiger partial charge >= 0.3 is 0 Å². The van der Waals surface area contributed by atoms with E-state index in [-0.39, 0.29) is 4.90 Å². The van der Waals surface area contributed by atoms with Crippen molar-refractivity contribution in [1.82, 2.24) is 9.88 Å². The quantitative estimate of drug-likeness (QED) is 0.849. The molecule has 7 heteroatoms. The van der Waals surface area contributed by atoms with Gasteiger partial charge in [-0.15, -0.1) is 0 Å². The van der Waals surface area contributed by atoms with Crippen LogP contribution >= 0.6 is 0 Å². The molecule has 0 aliphatic carbocycles. The number of anilines is 1. The highest BCUT2D eigenvalue weighted by atomic mass is 32.2. The maximum absolute atomic E-state index is 12.4. The van der Waals surface area contributed by atoms with Crippen LogP contribution in [0.4, 0.5) is 5.69 Å². The molecule has 0 saturated carbocycles. The van der Waals surface area contributed by atoms with Crippen LogP contribution in [0.2, 0.25) is 0 Å². The summed E-state index contributed by atoms with van der Waals surface area (Å²) in [6, 6.07) is 8.54. The van der Waals surface area contributed by atoms with Gasteiger partial charge in [-0.2, -0.15) is 0 Å². The molecule has 21 heavy (non-hydrogen) atoms. The highest BCUT2D eigenvalue weighted by molar-refractivity contribution is 7.92. The maximum atomic E-state index is 12.4. The molecule has 1 aromatic carbocycles. The fraction of sp³-hybridized carbons (Fsp3) is 0.286. The van der Waals surface area contributed by atoms with Crippen LogP contribution in [0.1, 0.15) is 5.69 Å². The Morgan fingerprint density at radius 1 is 1.29 bits per heavy atom. The van der Waals surface area contributed by atoms with Crippen LogP contribution in [0.15, 0.2) is 41.4 Å². The molecule has 1 heterocycles. The first-order chi connectivity index (χ1) is 9.97. The lowest BCUT2D eigenvalue weighted by Gasteiger charge is -2.10. The minimum Gasteiger partial charge on any atom is -0.495 e. The molecule has 0 aliphatic rings. The minimum atomic E-state index is -3.64. The first-order valence-electron chi connectivity index (χ1n) is 6.43.